The number of aromatic nitrogens is 24. The van der Waals surface area contributed by atoms with Gasteiger partial charge in [-0.2, -0.15) is 40.8 Å². The van der Waals surface area contributed by atoms with Gasteiger partial charge in [0.1, 0.15) is 78.9 Å². The maximum absolute atomic E-state index is 12.9. The van der Waals surface area contributed by atoms with Crippen LogP contribution in [0.2, 0.25) is 0 Å². The van der Waals surface area contributed by atoms with Crippen molar-refractivity contribution in [2.45, 2.75) is 44.9 Å². The smallest absolute Gasteiger partial charge is 0.290 e. The number of ether oxygens (including phenoxy) is 2. The minimum Gasteiger partial charge on any atom is -0.483 e. The van der Waals surface area contributed by atoms with Crippen molar-refractivity contribution in [2.75, 3.05) is 61.0 Å². The first kappa shape index (κ1) is 83.6. The van der Waals surface area contributed by atoms with E-state index in [0.29, 0.717) is 134 Å². The number of nitrogens with zero attached hydrogens (tertiary/aromatic N) is 20. The third-order valence-electron chi connectivity index (χ3n) is 17.6. The molecule has 36 nitrogen and oxygen atoms in total. The third-order valence-corrected chi connectivity index (χ3v) is 21.1. The number of carboxylic acid groups (broad SMARTS) is 1. The van der Waals surface area contributed by atoms with E-state index in [9.17, 15) is 28.0 Å². The second-order valence-corrected chi connectivity index (χ2v) is 29.3. The molecule has 0 unspecified atom stereocenters. The summed E-state index contributed by atoms with van der Waals surface area (Å²) in [7, 11) is 0. The lowest BCUT2D eigenvalue weighted by molar-refractivity contribution is -0.122. The van der Waals surface area contributed by atoms with E-state index >= 15 is 0 Å². The van der Waals surface area contributed by atoms with E-state index in [4.69, 9.17) is 24.5 Å². The number of benzene rings is 1. The van der Waals surface area contributed by atoms with Crippen molar-refractivity contribution < 1.29 is 47.3 Å². The van der Waals surface area contributed by atoms with E-state index in [1.54, 1.807) is 134 Å². The molecule has 0 atom stereocenters. The first-order valence-electron chi connectivity index (χ1n) is 37.3. The Labute approximate surface area is 707 Å². The number of alkyl halides is 2. The molecule has 0 spiro atoms. The topological polar surface area (TPSA) is 461 Å². The number of anilines is 4. The van der Waals surface area contributed by atoms with Crippen LogP contribution in [0.5, 0.6) is 0 Å². The van der Waals surface area contributed by atoms with E-state index < -0.39 is 13.3 Å². The molecule has 17 aromatic rings. The zero-order chi connectivity index (χ0) is 84.2. The summed E-state index contributed by atoms with van der Waals surface area (Å²) < 4.78 is 41.7. The zero-order valence-corrected chi connectivity index (χ0v) is 67.4. The lowest BCUT2D eigenvalue weighted by atomic mass is 9.93. The normalized spacial score (nSPS) is 11.5. The molecular formula is C80H72F2N28O8S4. The molecule has 618 valence electrons. The molecule has 1 aliphatic carbocycles. The Morgan fingerprint density at radius 3 is 1.06 bits per heavy atom. The van der Waals surface area contributed by atoms with Crippen LogP contribution in [-0.2, 0) is 33.9 Å². The van der Waals surface area contributed by atoms with Crippen LogP contribution in [0.25, 0.3) is 87.8 Å². The third kappa shape index (κ3) is 22.1. The van der Waals surface area contributed by atoms with Gasteiger partial charge in [-0.15, -0.1) is 45.3 Å². The molecule has 122 heavy (non-hydrogen) atoms. The second-order valence-electron chi connectivity index (χ2n) is 25.8. The summed E-state index contributed by atoms with van der Waals surface area (Å²) in [5, 5.41) is 73.2. The number of halogens is 2. The molecule has 1 aromatic carbocycles. The Bertz CT molecular complexity index is 5950. The van der Waals surface area contributed by atoms with Crippen LogP contribution in [0.1, 0.15) is 72.8 Å². The van der Waals surface area contributed by atoms with Crippen LogP contribution in [0, 0.1) is 0 Å². The van der Waals surface area contributed by atoms with Crippen molar-refractivity contribution in [1.29, 1.82) is 0 Å². The van der Waals surface area contributed by atoms with Gasteiger partial charge in [-0.1, -0.05) is 54.6 Å². The highest BCUT2D eigenvalue weighted by Crippen LogP contribution is 2.37. The Balaban J connectivity index is 0.000000131. The largest absolute Gasteiger partial charge is 0.483 e. The van der Waals surface area contributed by atoms with Gasteiger partial charge in [-0.25, -0.2) is 28.7 Å². The number of rotatable bonds is 29. The van der Waals surface area contributed by atoms with Crippen molar-refractivity contribution in [1.82, 2.24) is 120 Å². The minimum atomic E-state index is -0.534. The van der Waals surface area contributed by atoms with Gasteiger partial charge >= 0.3 is 0 Å². The fraction of sp³-hybridized carbons (Fsp3) is 0.163. The van der Waals surface area contributed by atoms with Crippen LogP contribution in [0.3, 0.4) is 0 Å². The highest BCUT2D eigenvalue weighted by atomic mass is 32.1. The molecule has 18 rings (SSSR count). The summed E-state index contributed by atoms with van der Waals surface area (Å²) >= 11 is 5.50. The summed E-state index contributed by atoms with van der Waals surface area (Å²) in [4.78, 5) is 94.6. The number of pyridine rings is 4. The van der Waals surface area contributed by atoms with E-state index in [1.807, 2.05) is 108 Å². The molecule has 1 fully saturated rings. The average Bonchev–Trinajstić information content (AvgIpc) is 1.66. The Hall–Kier alpha value is -14.9. The summed E-state index contributed by atoms with van der Waals surface area (Å²) in [5.74, 6) is -1.28. The van der Waals surface area contributed by atoms with Gasteiger partial charge in [0.2, 0.25) is 0 Å². The number of carbonyl (C=O) groups is 5. The van der Waals surface area contributed by atoms with E-state index in [-0.39, 0.29) is 43.3 Å². The number of thiazole rings is 4. The Kier molecular flexibility index (Phi) is 28.8. The van der Waals surface area contributed by atoms with Gasteiger partial charge in [0.05, 0.1) is 122 Å². The molecule has 9 N–H and O–H groups in total. The van der Waals surface area contributed by atoms with Gasteiger partial charge in [0.15, 0.2) is 0 Å². The Morgan fingerprint density at radius 1 is 0.434 bits per heavy atom. The van der Waals surface area contributed by atoms with Crippen LogP contribution in [-0.4, -0.2) is 195 Å². The van der Waals surface area contributed by atoms with Crippen molar-refractivity contribution in [3.05, 3.63) is 252 Å². The molecule has 1 aliphatic rings. The van der Waals surface area contributed by atoms with Crippen LogP contribution < -0.4 is 21.3 Å². The SMILES string of the molecule is O=C(Nc1cn(C2CCC2)nc1-c1ccccn1)c1csc(-c2cn[nH]c2)n1.O=C(Nc1cn(CCOCCF)nc1-c1ccccn1)c1csc(-c2cn[nH]c2)n1.O=C(Nc1cn(CCOCCF)nc1-c1ccccn1)c1csc(-c2cn[nH]c2)n1.O=C(Nc1cn(Cc2ccccc2)nc1-c1ccccn1)c1csc(-c2cn[nH]c2)n1.O=CO. The number of H-pyrrole nitrogens is 4. The van der Waals surface area contributed by atoms with E-state index in [1.165, 1.54) is 51.8 Å². The number of carbonyl (C=O) groups excluding carboxylic acids is 4. The lowest BCUT2D eigenvalue weighted by Crippen LogP contribution is -2.17. The fourth-order valence-electron chi connectivity index (χ4n) is 11.6. The standard InChI is InChI=1S/C22H17N7OS.2C19H18FN7O2S.C19H17N7OS.CH2O2/c30-21(19-14-31-22(27-19)16-10-24-25-11-16)26-18-13-29(12-15-6-2-1-3-7-15)28-20(18)17-8-4-5-9-23-17;2*20-4-7-29-8-6-27-11-15(17(26-27)14-3-1-2-5-21-14)24-18(28)16-12-30-19(25-16)13-9-22-23-10-13;27-18(16-11-28-19(24-16)12-8-21-22-9-12)23-15-10-26(13-4-3-5-13)25-17(15)14-6-1-2-7-20-14;2-1-3/h1-11,13-14H,12H2,(H,24,25)(H,26,30);2*1-3,5,9-12H,4,6-8H2,(H,22,23)(H,24,28);1-2,6-11,13H,3-5H2,(H,21,22)(H,23,27);1H,(H,2,3). The summed E-state index contributed by atoms with van der Waals surface area (Å²) in [6.07, 6.45) is 30.9. The molecule has 0 bridgehead atoms. The first-order valence-corrected chi connectivity index (χ1v) is 40.9. The zero-order valence-electron chi connectivity index (χ0n) is 64.1. The van der Waals surface area contributed by atoms with Gasteiger partial charge in [-0.3, -0.25) is 83.0 Å². The van der Waals surface area contributed by atoms with E-state index in [2.05, 4.69) is 117 Å². The van der Waals surface area contributed by atoms with E-state index in [0.717, 1.165) is 56.4 Å². The second kappa shape index (κ2) is 42.0. The molecule has 16 heterocycles. The number of hydrogen-bond acceptors (Lipinski definition) is 27. The highest BCUT2D eigenvalue weighted by Gasteiger charge is 2.27. The molecule has 0 aliphatic heterocycles. The maximum atomic E-state index is 12.9. The molecular weight excluding hydrogens is 1650 g/mol. The van der Waals surface area contributed by atoms with Crippen LogP contribution >= 0.6 is 45.3 Å². The Morgan fingerprint density at radius 2 is 0.754 bits per heavy atom. The minimum absolute atomic E-state index is 0.0424. The number of amides is 4. The summed E-state index contributed by atoms with van der Waals surface area (Å²) in [6, 6.07) is 32.6. The number of hydrogen-bond donors (Lipinski definition) is 9. The van der Waals surface area contributed by atoms with Crippen LogP contribution in [0.15, 0.2) is 224 Å². The molecule has 1 saturated carbocycles. The molecule has 42 heteroatoms. The van der Waals surface area contributed by atoms with Gasteiger partial charge < -0.3 is 35.8 Å². The van der Waals surface area contributed by atoms with Gasteiger partial charge in [-0.05, 0) is 73.4 Å². The van der Waals surface area contributed by atoms with Crippen molar-refractivity contribution >= 4 is 98.2 Å². The van der Waals surface area contributed by atoms with Crippen molar-refractivity contribution in [3.8, 4) is 87.8 Å². The van der Waals surface area contributed by atoms with Crippen LogP contribution in [0.4, 0.5) is 31.5 Å². The molecule has 16 aromatic heterocycles. The molecule has 4 amide bonds. The predicted octanol–water partition coefficient (Wildman–Crippen LogP) is 13.6. The molecule has 0 radical (unpaired) electrons. The van der Waals surface area contributed by atoms with Gasteiger partial charge in [0.25, 0.3) is 30.1 Å². The van der Waals surface area contributed by atoms with Gasteiger partial charge in [0, 0.05) is 118 Å². The monoisotopic (exact) mass is 1720 g/mol. The lowest BCUT2D eigenvalue weighted by Gasteiger charge is -2.25. The first-order chi connectivity index (χ1) is 59.9. The predicted molar refractivity (Wildman–Crippen MR) is 453 cm³/mol. The average molecular weight is 1720 g/mol. The molecule has 0 saturated heterocycles. The maximum Gasteiger partial charge on any atom is 0.290 e. The number of aromatic amines is 4. The van der Waals surface area contributed by atoms with Crippen molar-refractivity contribution in [3.63, 3.8) is 0 Å². The quantitative estimate of drug-likeness (QED) is 0.0155. The summed E-state index contributed by atoms with van der Waals surface area (Å²) in [5.41, 5.74) is 12.9. The van der Waals surface area contributed by atoms with Crippen molar-refractivity contribution in [2.24, 2.45) is 0 Å². The fourth-order valence-corrected chi connectivity index (χ4v) is 14.7. The highest BCUT2D eigenvalue weighted by molar-refractivity contribution is 7.14. The summed E-state index contributed by atoms with van der Waals surface area (Å²) in [6.45, 7) is 0.789. The number of nitrogens with one attached hydrogen (secondary N) is 8.